The van der Waals surface area contributed by atoms with E-state index in [0.29, 0.717) is 23.6 Å². The van der Waals surface area contributed by atoms with Crippen molar-refractivity contribution in [3.05, 3.63) is 69.5 Å². The van der Waals surface area contributed by atoms with Crippen molar-refractivity contribution < 1.29 is 0 Å². The predicted octanol–water partition coefficient (Wildman–Crippen LogP) is 4.81. The van der Waals surface area contributed by atoms with Gasteiger partial charge in [0.05, 0.1) is 12.1 Å². The average molecular weight is 486 g/mol. The molecule has 174 valence electrons. The van der Waals surface area contributed by atoms with Crippen LogP contribution in [0, 0.1) is 0 Å². The van der Waals surface area contributed by atoms with Gasteiger partial charge >= 0.3 is 0 Å². The molecule has 5 rings (SSSR count). The highest BCUT2D eigenvalue weighted by Crippen LogP contribution is 2.30. The van der Waals surface area contributed by atoms with Crippen molar-refractivity contribution in [2.45, 2.75) is 45.3 Å². The molecule has 3 heterocycles. The first-order chi connectivity index (χ1) is 15.6. The summed E-state index contributed by atoms with van der Waals surface area (Å²) in [6, 6.07) is 15.9. The monoisotopic (exact) mass is 485 g/mol. The minimum Gasteiger partial charge on any atom is -0.341 e. The van der Waals surface area contributed by atoms with Gasteiger partial charge in [-0.25, -0.2) is 4.98 Å². The summed E-state index contributed by atoms with van der Waals surface area (Å²) in [6.45, 7) is 4.84. The fraction of sp³-hybridized carbons (Fsp3) is 0.360. The van der Waals surface area contributed by atoms with Crippen LogP contribution in [0.3, 0.4) is 0 Å². The zero-order chi connectivity index (χ0) is 22.2. The standard InChI is InChI=1S/C25H28ClN5O.ClH/c1-2-13-30-21-12-6-4-10-19(21)22-23(24(30)32)31(15-17-8-3-5-11-20(17)26)25(28-22)29-14-7-9-18(27)16-29;/h3-6,8,10-12,18H,2,7,9,13-16,27H2,1H3;1H/t18-;/m1./s1. The lowest BCUT2D eigenvalue weighted by atomic mass is 10.1. The van der Waals surface area contributed by atoms with Gasteiger partial charge in [0.15, 0.2) is 0 Å². The van der Waals surface area contributed by atoms with Crippen molar-refractivity contribution in [2.24, 2.45) is 5.73 Å². The third-order valence-electron chi connectivity index (χ3n) is 6.32. The van der Waals surface area contributed by atoms with Gasteiger partial charge in [0, 0.05) is 36.1 Å². The molecular formula is C25H29Cl2N5O. The SMILES string of the molecule is CCCn1c(=O)c2c(nc(N3CCC[C@@H](N)C3)n2Cc2ccccc2Cl)c2ccccc21.Cl. The van der Waals surface area contributed by atoms with Crippen LogP contribution in [0.15, 0.2) is 53.3 Å². The number of aromatic nitrogens is 3. The Morgan fingerprint density at radius 3 is 2.64 bits per heavy atom. The van der Waals surface area contributed by atoms with Gasteiger partial charge in [-0.3, -0.25) is 4.79 Å². The van der Waals surface area contributed by atoms with Crippen molar-refractivity contribution in [1.29, 1.82) is 0 Å². The number of nitrogens with two attached hydrogens (primary N) is 1. The van der Waals surface area contributed by atoms with E-state index in [1.165, 1.54) is 0 Å². The van der Waals surface area contributed by atoms with Gasteiger partial charge in [-0.2, -0.15) is 0 Å². The summed E-state index contributed by atoms with van der Waals surface area (Å²) in [7, 11) is 0. The van der Waals surface area contributed by atoms with Crippen molar-refractivity contribution in [3.8, 4) is 0 Å². The molecular weight excluding hydrogens is 457 g/mol. The number of para-hydroxylation sites is 1. The highest BCUT2D eigenvalue weighted by atomic mass is 35.5. The Morgan fingerprint density at radius 1 is 1.12 bits per heavy atom. The second kappa shape index (κ2) is 9.75. The molecule has 0 amide bonds. The lowest BCUT2D eigenvalue weighted by molar-refractivity contribution is 0.495. The molecule has 0 aliphatic carbocycles. The molecule has 0 bridgehead atoms. The van der Waals surface area contributed by atoms with Gasteiger partial charge < -0.3 is 19.8 Å². The van der Waals surface area contributed by atoms with Crippen LogP contribution >= 0.6 is 24.0 Å². The average Bonchev–Trinajstić information content (AvgIpc) is 3.18. The number of aryl methyl sites for hydroxylation is 1. The van der Waals surface area contributed by atoms with Gasteiger partial charge in [0.25, 0.3) is 5.56 Å². The number of anilines is 1. The number of pyridine rings is 1. The molecule has 2 aromatic carbocycles. The molecule has 2 N–H and O–H groups in total. The highest BCUT2D eigenvalue weighted by Gasteiger charge is 2.26. The number of halogens is 2. The summed E-state index contributed by atoms with van der Waals surface area (Å²) in [6.07, 6.45) is 2.90. The van der Waals surface area contributed by atoms with E-state index >= 15 is 0 Å². The van der Waals surface area contributed by atoms with Gasteiger partial charge in [-0.15, -0.1) is 12.4 Å². The number of rotatable bonds is 5. The quantitative estimate of drug-likeness (QED) is 0.440. The summed E-state index contributed by atoms with van der Waals surface area (Å²) in [5.74, 6) is 0.798. The Balaban J connectivity index is 0.00000259. The number of piperidine rings is 1. The molecule has 1 aliphatic rings. The van der Waals surface area contributed by atoms with Crippen molar-refractivity contribution in [2.75, 3.05) is 18.0 Å². The third kappa shape index (κ3) is 4.23. The van der Waals surface area contributed by atoms with Crippen LogP contribution in [0.2, 0.25) is 5.02 Å². The topological polar surface area (TPSA) is 69.1 Å². The molecule has 6 nitrogen and oxygen atoms in total. The normalized spacial score (nSPS) is 16.3. The van der Waals surface area contributed by atoms with Crippen LogP contribution in [0.5, 0.6) is 0 Å². The number of benzene rings is 2. The lowest BCUT2D eigenvalue weighted by Crippen LogP contribution is -2.44. The number of hydrogen-bond acceptors (Lipinski definition) is 4. The van der Waals surface area contributed by atoms with Crippen molar-refractivity contribution in [3.63, 3.8) is 0 Å². The van der Waals surface area contributed by atoms with Gasteiger partial charge in [-0.05, 0) is 37.0 Å². The molecule has 2 aromatic heterocycles. The second-order valence-electron chi connectivity index (χ2n) is 8.61. The Bertz CT molecular complexity index is 1350. The first kappa shape index (κ1) is 23.6. The lowest BCUT2D eigenvalue weighted by Gasteiger charge is -2.32. The van der Waals surface area contributed by atoms with Crippen LogP contribution < -0.4 is 16.2 Å². The van der Waals surface area contributed by atoms with Gasteiger partial charge in [0.1, 0.15) is 11.0 Å². The molecule has 8 heteroatoms. The maximum Gasteiger partial charge on any atom is 0.277 e. The molecule has 0 unspecified atom stereocenters. The summed E-state index contributed by atoms with van der Waals surface area (Å²) >= 11 is 6.52. The molecule has 1 aliphatic heterocycles. The second-order valence-corrected chi connectivity index (χ2v) is 9.02. The van der Waals surface area contributed by atoms with Crippen LogP contribution in [0.25, 0.3) is 21.9 Å². The molecule has 0 saturated carbocycles. The maximum atomic E-state index is 13.8. The molecule has 33 heavy (non-hydrogen) atoms. The number of nitrogens with zero attached hydrogens (tertiary/aromatic N) is 4. The van der Waals surface area contributed by atoms with E-state index in [1.807, 2.05) is 47.0 Å². The fourth-order valence-electron chi connectivity index (χ4n) is 4.82. The summed E-state index contributed by atoms with van der Waals surface area (Å²) < 4.78 is 3.93. The predicted molar refractivity (Wildman–Crippen MR) is 139 cm³/mol. The largest absolute Gasteiger partial charge is 0.341 e. The van der Waals surface area contributed by atoms with E-state index in [9.17, 15) is 4.79 Å². The van der Waals surface area contributed by atoms with Gasteiger partial charge in [0.2, 0.25) is 5.95 Å². The van der Waals surface area contributed by atoms with E-state index < -0.39 is 0 Å². The minimum atomic E-state index is -0.00679. The molecule has 1 saturated heterocycles. The summed E-state index contributed by atoms with van der Waals surface area (Å²) in [4.78, 5) is 21.1. The van der Waals surface area contributed by atoms with E-state index in [0.717, 1.165) is 60.3 Å². The smallest absolute Gasteiger partial charge is 0.277 e. The highest BCUT2D eigenvalue weighted by molar-refractivity contribution is 6.31. The zero-order valence-corrected chi connectivity index (χ0v) is 20.3. The van der Waals surface area contributed by atoms with E-state index in [4.69, 9.17) is 22.3 Å². The Kier molecular flexibility index (Phi) is 6.98. The summed E-state index contributed by atoms with van der Waals surface area (Å²) in [5.41, 5.74) is 9.57. The molecule has 0 radical (unpaired) electrons. The first-order valence-corrected chi connectivity index (χ1v) is 11.7. The Labute approximate surface area is 204 Å². The number of imidazole rings is 1. The third-order valence-corrected chi connectivity index (χ3v) is 6.69. The van der Waals surface area contributed by atoms with Crippen LogP contribution in [0.1, 0.15) is 31.7 Å². The van der Waals surface area contributed by atoms with Crippen LogP contribution in [-0.2, 0) is 13.1 Å². The van der Waals surface area contributed by atoms with E-state index in [-0.39, 0.29) is 24.0 Å². The molecule has 1 atom stereocenters. The Morgan fingerprint density at radius 2 is 1.88 bits per heavy atom. The first-order valence-electron chi connectivity index (χ1n) is 11.3. The van der Waals surface area contributed by atoms with Crippen LogP contribution in [-0.4, -0.2) is 33.2 Å². The maximum absolute atomic E-state index is 13.8. The number of fused-ring (bicyclic) bond motifs is 3. The minimum absolute atomic E-state index is 0. The van der Waals surface area contributed by atoms with Crippen LogP contribution in [0.4, 0.5) is 5.95 Å². The van der Waals surface area contributed by atoms with Gasteiger partial charge in [-0.1, -0.05) is 54.9 Å². The molecule has 0 spiro atoms. The van der Waals surface area contributed by atoms with Crippen molar-refractivity contribution >= 4 is 51.9 Å². The van der Waals surface area contributed by atoms with Crippen molar-refractivity contribution in [1.82, 2.24) is 14.1 Å². The fourth-order valence-corrected chi connectivity index (χ4v) is 5.01. The summed E-state index contributed by atoms with van der Waals surface area (Å²) in [5, 5.41) is 1.68. The van der Waals surface area contributed by atoms with E-state index in [2.05, 4.69) is 22.5 Å². The Hall–Kier alpha value is -2.54. The van der Waals surface area contributed by atoms with E-state index in [1.54, 1.807) is 0 Å². The number of hydrogen-bond donors (Lipinski definition) is 1. The zero-order valence-electron chi connectivity index (χ0n) is 18.7. The molecule has 4 aromatic rings. The molecule has 1 fully saturated rings.